The molecule has 0 aliphatic carbocycles. The highest BCUT2D eigenvalue weighted by atomic mass is 32.2. The Morgan fingerprint density at radius 1 is 1.12 bits per heavy atom. The Bertz CT molecular complexity index is 1260. The van der Waals surface area contributed by atoms with E-state index in [9.17, 15) is 13.2 Å². The summed E-state index contributed by atoms with van der Waals surface area (Å²) < 4.78 is 26.9. The number of nitrogens with one attached hydrogen (secondary N) is 1. The van der Waals surface area contributed by atoms with Crippen molar-refractivity contribution in [2.24, 2.45) is 0 Å². The molecule has 0 spiro atoms. The van der Waals surface area contributed by atoms with Gasteiger partial charge in [-0.3, -0.25) is 15.0 Å². The van der Waals surface area contributed by atoms with E-state index in [1.165, 1.54) is 42.3 Å². The van der Waals surface area contributed by atoms with Crippen LogP contribution < -0.4 is 10.4 Å². The van der Waals surface area contributed by atoms with Crippen LogP contribution in [0.5, 0.6) is 0 Å². The van der Waals surface area contributed by atoms with Gasteiger partial charge in [0.05, 0.1) is 5.69 Å². The Labute approximate surface area is 191 Å². The third kappa shape index (κ3) is 5.11. The van der Waals surface area contributed by atoms with Crippen LogP contribution in [0.15, 0.2) is 66.1 Å². The lowest BCUT2D eigenvalue weighted by molar-refractivity contribution is -0.124. The largest absolute Gasteiger partial charge is 0.354 e. The van der Waals surface area contributed by atoms with Crippen LogP contribution in [0, 0.1) is 0 Å². The molecule has 1 fully saturated rings. The number of piperazine rings is 1. The van der Waals surface area contributed by atoms with Crippen molar-refractivity contribution < 1.29 is 18.4 Å². The highest BCUT2D eigenvalue weighted by Gasteiger charge is 2.18. The molecule has 0 saturated carbocycles. The smallest absolute Gasteiger partial charge is 0.269 e. The molecule has 2 N–H and O–H groups in total. The van der Waals surface area contributed by atoms with E-state index in [4.69, 9.17) is 5.21 Å². The fourth-order valence-electron chi connectivity index (χ4n) is 3.46. The van der Waals surface area contributed by atoms with Gasteiger partial charge in [0.15, 0.2) is 0 Å². The summed E-state index contributed by atoms with van der Waals surface area (Å²) in [7, 11) is -1.75. The molecule has 0 bridgehead atoms. The molecule has 1 aliphatic heterocycles. The predicted molar refractivity (Wildman–Crippen MR) is 123 cm³/mol. The van der Waals surface area contributed by atoms with Crippen molar-refractivity contribution in [3.05, 3.63) is 66.8 Å². The van der Waals surface area contributed by atoms with E-state index >= 15 is 0 Å². The quantitative estimate of drug-likeness (QED) is 0.317. The first kappa shape index (κ1) is 22.6. The second-order valence-electron chi connectivity index (χ2n) is 7.66. The average molecular weight is 469 g/mol. The van der Waals surface area contributed by atoms with Gasteiger partial charge in [0.2, 0.25) is 0 Å². The molecule has 4 heterocycles. The van der Waals surface area contributed by atoms with Crippen LogP contribution in [0.3, 0.4) is 0 Å². The molecule has 3 aromatic rings. The van der Waals surface area contributed by atoms with Gasteiger partial charge in [-0.2, -0.15) is 0 Å². The van der Waals surface area contributed by atoms with E-state index in [-0.39, 0.29) is 4.90 Å². The van der Waals surface area contributed by atoms with Gasteiger partial charge in [0, 0.05) is 62.6 Å². The van der Waals surface area contributed by atoms with Gasteiger partial charge in [-0.15, -0.1) is 0 Å². The van der Waals surface area contributed by atoms with Gasteiger partial charge in [0.25, 0.3) is 15.9 Å². The fraction of sp³-hybridized carbons (Fsp3) is 0.227. The van der Waals surface area contributed by atoms with Gasteiger partial charge in [-0.1, -0.05) is 0 Å². The Hall–Kier alpha value is -3.54. The zero-order valence-electron chi connectivity index (χ0n) is 18.0. The molecule has 1 saturated heterocycles. The lowest BCUT2D eigenvalue weighted by Gasteiger charge is -2.33. The standard InChI is InChI=1S/C22H24N6O4S/c1-26-10-12-27(13-11-26)21-14-18(6-8-23-21)20-4-3-19(15-24-20)33(31,32)28-9-7-17(16-28)2-5-22(29)25-30/h2-9,14-16,30H,10-13H2,1H3,(H,25,29). The number of aromatic nitrogens is 3. The summed E-state index contributed by atoms with van der Waals surface area (Å²) in [6.45, 7) is 3.75. The predicted octanol–water partition coefficient (Wildman–Crippen LogP) is 1.45. The number of pyridine rings is 2. The molecule has 0 unspecified atom stereocenters. The van der Waals surface area contributed by atoms with E-state index in [1.807, 2.05) is 12.1 Å². The summed E-state index contributed by atoms with van der Waals surface area (Å²) in [4.78, 5) is 24.5. The molecule has 172 valence electrons. The molecule has 1 amide bonds. The second-order valence-corrected chi connectivity index (χ2v) is 9.50. The minimum atomic E-state index is -3.85. The summed E-state index contributed by atoms with van der Waals surface area (Å²) in [5.41, 5.74) is 3.47. The van der Waals surface area contributed by atoms with Gasteiger partial charge in [-0.05, 0) is 49.0 Å². The van der Waals surface area contributed by atoms with Crippen molar-refractivity contribution >= 4 is 27.8 Å². The normalized spacial score (nSPS) is 15.2. The van der Waals surface area contributed by atoms with Crippen LogP contribution in [0.25, 0.3) is 17.3 Å². The van der Waals surface area contributed by atoms with Crippen LogP contribution in [-0.4, -0.2) is 71.6 Å². The molecule has 0 atom stereocenters. The molecule has 4 rings (SSSR count). The van der Waals surface area contributed by atoms with E-state index in [2.05, 4.69) is 26.8 Å². The third-order valence-electron chi connectivity index (χ3n) is 5.41. The molecule has 10 nitrogen and oxygen atoms in total. The van der Waals surface area contributed by atoms with Crippen LogP contribution in [0.4, 0.5) is 5.82 Å². The number of carbonyl (C=O) groups excluding carboxylic acids is 1. The zero-order valence-corrected chi connectivity index (χ0v) is 18.8. The molecule has 1 aliphatic rings. The number of hydrogen-bond donors (Lipinski definition) is 2. The molecule has 3 aromatic heterocycles. The highest BCUT2D eigenvalue weighted by Crippen LogP contribution is 2.24. The van der Waals surface area contributed by atoms with Crippen molar-refractivity contribution in [1.29, 1.82) is 0 Å². The van der Waals surface area contributed by atoms with Gasteiger partial charge >= 0.3 is 0 Å². The number of anilines is 1. The topological polar surface area (TPSA) is 121 Å². The number of carbonyl (C=O) groups is 1. The molecule has 11 heteroatoms. The first-order chi connectivity index (χ1) is 15.9. The maximum atomic E-state index is 12.9. The second kappa shape index (κ2) is 9.53. The van der Waals surface area contributed by atoms with Gasteiger partial charge in [-0.25, -0.2) is 22.9 Å². The van der Waals surface area contributed by atoms with E-state index in [0.29, 0.717) is 11.3 Å². The Balaban J connectivity index is 1.53. The zero-order chi connectivity index (χ0) is 23.4. The molecule has 0 radical (unpaired) electrons. The van der Waals surface area contributed by atoms with Crippen LogP contribution in [0.1, 0.15) is 5.56 Å². The van der Waals surface area contributed by atoms with E-state index in [1.54, 1.807) is 12.3 Å². The SMILES string of the molecule is CN1CCN(c2cc(-c3ccc(S(=O)(=O)n4ccc(C=CC(=O)NO)c4)cn3)ccn2)CC1. The average Bonchev–Trinajstić information content (AvgIpc) is 3.33. The highest BCUT2D eigenvalue weighted by molar-refractivity contribution is 7.90. The summed E-state index contributed by atoms with van der Waals surface area (Å²) in [6, 6.07) is 8.55. The maximum Gasteiger partial charge on any atom is 0.269 e. The summed E-state index contributed by atoms with van der Waals surface area (Å²) >= 11 is 0. The maximum absolute atomic E-state index is 12.9. The lowest BCUT2D eigenvalue weighted by Crippen LogP contribution is -2.44. The number of hydroxylamine groups is 1. The minimum absolute atomic E-state index is 0.0406. The number of hydrogen-bond acceptors (Lipinski definition) is 8. The molecule has 33 heavy (non-hydrogen) atoms. The summed E-state index contributed by atoms with van der Waals surface area (Å²) in [5, 5.41) is 8.53. The van der Waals surface area contributed by atoms with E-state index in [0.717, 1.165) is 47.6 Å². The summed E-state index contributed by atoms with van der Waals surface area (Å²) in [5.74, 6) is 0.166. The Morgan fingerprint density at radius 3 is 2.61 bits per heavy atom. The van der Waals surface area contributed by atoms with Crippen LogP contribution >= 0.6 is 0 Å². The Kier molecular flexibility index (Phi) is 6.54. The summed E-state index contributed by atoms with van der Waals surface area (Å²) in [6.07, 6.45) is 8.30. The van der Waals surface area contributed by atoms with Crippen molar-refractivity contribution in [3.8, 4) is 11.3 Å². The number of amides is 1. The monoisotopic (exact) mass is 468 g/mol. The molecule has 0 aromatic carbocycles. The van der Waals surface area contributed by atoms with Crippen LogP contribution in [-0.2, 0) is 14.8 Å². The van der Waals surface area contributed by atoms with Crippen molar-refractivity contribution in [2.45, 2.75) is 4.90 Å². The molecular weight excluding hydrogens is 444 g/mol. The molecular formula is C22H24N6O4S. The third-order valence-corrected chi connectivity index (χ3v) is 7.03. The number of nitrogens with zero attached hydrogens (tertiary/aromatic N) is 5. The first-order valence-corrected chi connectivity index (χ1v) is 11.7. The van der Waals surface area contributed by atoms with Crippen LogP contribution in [0.2, 0.25) is 0 Å². The van der Waals surface area contributed by atoms with Crippen molar-refractivity contribution in [1.82, 2.24) is 24.3 Å². The number of rotatable bonds is 6. The minimum Gasteiger partial charge on any atom is -0.354 e. The lowest BCUT2D eigenvalue weighted by atomic mass is 10.1. The first-order valence-electron chi connectivity index (χ1n) is 10.3. The van der Waals surface area contributed by atoms with Crippen molar-refractivity contribution in [2.75, 3.05) is 38.1 Å². The fourth-order valence-corrected chi connectivity index (χ4v) is 4.61. The van der Waals surface area contributed by atoms with Gasteiger partial charge < -0.3 is 9.80 Å². The van der Waals surface area contributed by atoms with E-state index < -0.39 is 15.9 Å². The number of likely N-dealkylation sites (N-methyl/N-ethyl adjacent to an activating group) is 1. The van der Waals surface area contributed by atoms with Crippen molar-refractivity contribution in [3.63, 3.8) is 0 Å². The van der Waals surface area contributed by atoms with Gasteiger partial charge in [0.1, 0.15) is 10.7 Å². The Morgan fingerprint density at radius 2 is 1.91 bits per heavy atom.